The summed E-state index contributed by atoms with van der Waals surface area (Å²) in [5, 5.41) is 31.2. The molecule has 0 fully saturated rings. The molecule has 2 N–H and O–H groups in total. The van der Waals surface area contributed by atoms with E-state index >= 15 is 0 Å². The van der Waals surface area contributed by atoms with Crippen LogP contribution in [0.2, 0.25) is 0 Å². The van der Waals surface area contributed by atoms with Crippen LogP contribution in [0.5, 0.6) is 11.5 Å². The van der Waals surface area contributed by atoms with Crippen molar-refractivity contribution in [3.8, 4) is 22.9 Å². The molecule has 0 radical (unpaired) electrons. The average molecular weight is 999 g/mol. The number of halogens is 8. The summed E-state index contributed by atoms with van der Waals surface area (Å²) in [7, 11) is 2.95. The van der Waals surface area contributed by atoms with Crippen LogP contribution in [0, 0.1) is 60.4 Å². The van der Waals surface area contributed by atoms with E-state index in [0.717, 1.165) is 35.7 Å². The third-order valence-corrected chi connectivity index (χ3v) is 12.3. The van der Waals surface area contributed by atoms with Gasteiger partial charge in [0, 0.05) is 48.7 Å². The number of aliphatic hydroxyl groups is 2. The van der Waals surface area contributed by atoms with E-state index in [4.69, 9.17) is 9.47 Å². The summed E-state index contributed by atoms with van der Waals surface area (Å²) in [6.45, 7) is 4.45. The zero-order chi connectivity index (χ0) is 51.2. The van der Waals surface area contributed by atoms with Gasteiger partial charge in [-0.2, -0.15) is 10.2 Å². The maximum atomic E-state index is 14.9. The molecule has 4 aromatic heterocycles. The Morgan fingerprint density at radius 1 is 0.528 bits per heavy atom. The standard InChI is InChI=1S/2C25H21F4N5O2/c2*1-14-12-33(13-30-14)20-11-17(26)15(8-21(20)36-2)4-5-22-31-24-25(35,6-3-7-34(24)32-22)16-9-18(27)23(29)19(28)10-16/h2*4-5,8-13,35H,3,6-7H2,1-2H3/b2*5-4+/t2*25-/m10/s1. The molecule has 4 aromatic carbocycles. The van der Waals surface area contributed by atoms with Crippen LogP contribution in [0.1, 0.15) is 82.6 Å². The molecule has 2 aliphatic rings. The minimum absolute atomic E-state index is 0.0580. The second kappa shape index (κ2) is 19.3. The normalized spacial score (nSPS) is 17.5. The molecule has 22 heteroatoms. The molecule has 0 bridgehead atoms. The monoisotopic (exact) mass is 998 g/mol. The first-order valence-electron chi connectivity index (χ1n) is 22.2. The Morgan fingerprint density at radius 3 is 1.24 bits per heavy atom. The van der Waals surface area contributed by atoms with Crippen molar-refractivity contribution in [3.05, 3.63) is 177 Å². The molecular formula is C50H42F8N10O4. The summed E-state index contributed by atoms with van der Waals surface area (Å²) >= 11 is 0. The van der Waals surface area contributed by atoms with Gasteiger partial charge in [-0.1, -0.05) is 0 Å². The van der Waals surface area contributed by atoms with Crippen LogP contribution in [-0.2, 0) is 24.3 Å². The Hall–Kier alpha value is -7.98. The molecule has 14 nitrogen and oxygen atoms in total. The highest BCUT2D eigenvalue weighted by Gasteiger charge is 2.42. The molecular weight excluding hydrogens is 957 g/mol. The van der Waals surface area contributed by atoms with Crippen LogP contribution in [-0.4, -0.2) is 73.1 Å². The van der Waals surface area contributed by atoms with Crippen molar-refractivity contribution in [2.45, 2.75) is 63.8 Å². The van der Waals surface area contributed by atoms with Gasteiger partial charge in [0.2, 0.25) is 0 Å². The molecule has 6 heterocycles. The lowest BCUT2D eigenvalue weighted by atomic mass is 9.86. The highest BCUT2D eigenvalue weighted by atomic mass is 19.2. The summed E-state index contributed by atoms with van der Waals surface area (Å²) in [6.07, 6.45) is 13.5. The van der Waals surface area contributed by atoms with E-state index in [9.17, 15) is 45.3 Å². The number of hydrogen-bond donors (Lipinski definition) is 2. The van der Waals surface area contributed by atoms with E-state index in [1.807, 2.05) is 13.8 Å². The smallest absolute Gasteiger partial charge is 0.194 e. The van der Waals surface area contributed by atoms with Crippen molar-refractivity contribution in [2.75, 3.05) is 14.2 Å². The number of methoxy groups -OCH3 is 2. The molecule has 8 aromatic rings. The predicted molar refractivity (Wildman–Crippen MR) is 245 cm³/mol. The SMILES string of the molecule is COc1cc(/C=C/c2nc3n(n2)CCC[C@@]3(O)c2cc(F)c(F)c(F)c2)c(F)cc1-n1cnc(C)c1.COc1cc(/C=C/c2nc3n(n2)CCC[C@]3(O)c2cc(F)c(F)c(F)c2)c(F)cc1-n1cnc(C)c1. The Morgan fingerprint density at radius 2 is 0.903 bits per heavy atom. The minimum Gasteiger partial charge on any atom is -0.495 e. The van der Waals surface area contributed by atoms with E-state index in [1.54, 1.807) is 34.2 Å². The lowest BCUT2D eigenvalue weighted by molar-refractivity contribution is 0.0385. The highest BCUT2D eigenvalue weighted by molar-refractivity contribution is 5.71. The zero-order valence-electron chi connectivity index (χ0n) is 38.7. The van der Waals surface area contributed by atoms with Crippen molar-refractivity contribution in [3.63, 3.8) is 0 Å². The number of rotatable bonds is 10. The Balaban J connectivity index is 0.000000178. The molecule has 10 rings (SSSR count). The molecule has 0 saturated carbocycles. The zero-order valence-corrected chi connectivity index (χ0v) is 38.7. The fraction of sp³-hybridized carbons (Fsp3) is 0.240. The average Bonchev–Trinajstić information content (AvgIpc) is 4.19. The van der Waals surface area contributed by atoms with Crippen LogP contribution < -0.4 is 9.47 Å². The van der Waals surface area contributed by atoms with Crippen LogP contribution in [0.4, 0.5) is 35.1 Å². The van der Waals surface area contributed by atoms with Crippen molar-refractivity contribution in [1.82, 2.24) is 48.6 Å². The largest absolute Gasteiger partial charge is 0.495 e. The first-order chi connectivity index (χ1) is 34.4. The van der Waals surface area contributed by atoms with Crippen LogP contribution in [0.15, 0.2) is 73.6 Å². The Bertz CT molecular complexity index is 3170. The van der Waals surface area contributed by atoms with Gasteiger partial charge in [-0.25, -0.2) is 64.4 Å². The molecule has 372 valence electrons. The molecule has 0 spiro atoms. The Kier molecular flexibility index (Phi) is 13.2. The number of fused-ring (bicyclic) bond motifs is 2. The number of aromatic nitrogens is 10. The number of benzene rings is 4. The third kappa shape index (κ3) is 9.25. The summed E-state index contributed by atoms with van der Waals surface area (Å²) in [6, 6.07) is 8.70. The van der Waals surface area contributed by atoms with Crippen molar-refractivity contribution >= 4 is 24.3 Å². The maximum Gasteiger partial charge on any atom is 0.194 e. The lowest BCUT2D eigenvalue weighted by Crippen LogP contribution is -2.36. The fourth-order valence-corrected chi connectivity index (χ4v) is 8.65. The van der Waals surface area contributed by atoms with Crippen LogP contribution in [0.3, 0.4) is 0 Å². The number of ether oxygens (including phenoxy) is 2. The fourth-order valence-electron chi connectivity index (χ4n) is 8.65. The Labute approximate surface area is 404 Å². The molecule has 2 aliphatic heterocycles. The first-order valence-corrected chi connectivity index (χ1v) is 22.2. The summed E-state index contributed by atoms with van der Waals surface area (Å²) in [5.41, 5.74) is -1.16. The maximum absolute atomic E-state index is 14.9. The second-order valence-electron chi connectivity index (χ2n) is 17.1. The first kappa shape index (κ1) is 49.0. The van der Waals surface area contributed by atoms with Crippen molar-refractivity contribution in [2.24, 2.45) is 0 Å². The van der Waals surface area contributed by atoms with Gasteiger partial charge in [0.25, 0.3) is 0 Å². The topological polar surface area (TPSA) is 156 Å². The molecule has 0 aliphatic carbocycles. The number of hydrogen-bond acceptors (Lipinski definition) is 10. The molecule has 0 amide bonds. The second-order valence-corrected chi connectivity index (χ2v) is 17.1. The van der Waals surface area contributed by atoms with Gasteiger partial charge < -0.3 is 28.8 Å². The lowest BCUT2D eigenvalue weighted by Gasteiger charge is -2.31. The summed E-state index contributed by atoms with van der Waals surface area (Å²) in [5.74, 6) is -8.65. The summed E-state index contributed by atoms with van der Waals surface area (Å²) in [4.78, 5) is 16.9. The van der Waals surface area contributed by atoms with Gasteiger partial charge in [-0.05, 0) is 111 Å². The number of aryl methyl sites for hydroxylation is 4. The minimum atomic E-state index is -1.87. The molecule has 72 heavy (non-hydrogen) atoms. The molecule has 0 saturated heterocycles. The van der Waals surface area contributed by atoms with Crippen molar-refractivity contribution < 1.29 is 54.8 Å². The molecule has 2 atom stereocenters. The van der Waals surface area contributed by atoms with E-state index in [0.29, 0.717) is 48.8 Å². The van der Waals surface area contributed by atoms with Gasteiger partial charge in [-0.3, -0.25) is 0 Å². The van der Waals surface area contributed by atoms with Crippen molar-refractivity contribution in [1.29, 1.82) is 0 Å². The third-order valence-electron chi connectivity index (χ3n) is 12.3. The van der Waals surface area contributed by atoms with E-state index in [-0.39, 0.29) is 58.4 Å². The van der Waals surface area contributed by atoms with E-state index < -0.39 is 57.7 Å². The highest BCUT2D eigenvalue weighted by Crippen LogP contribution is 2.40. The van der Waals surface area contributed by atoms with E-state index in [2.05, 4.69) is 30.1 Å². The quantitative estimate of drug-likeness (QED) is 0.100. The van der Waals surface area contributed by atoms with E-state index in [1.165, 1.54) is 72.2 Å². The van der Waals surface area contributed by atoms with Gasteiger partial charge in [0.05, 0.1) is 49.6 Å². The van der Waals surface area contributed by atoms with Gasteiger partial charge >= 0.3 is 0 Å². The summed E-state index contributed by atoms with van der Waals surface area (Å²) < 4.78 is 129. The van der Waals surface area contributed by atoms with Gasteiger partial charge in [-0.15, -0.1) is 0 Å². The number of nitrogens with zero attached hydrogens (tertiary/aromatic N) is 10. The van der Waals surface area contributed by atoms with Crippen LogP contribution >= 0.6 is 0 Å². The van der Waals surface area contributed by atoms with Gasteiger partial charge in [0.1, 0.15) is 34.3 Å². The van der Waals surface area contributed by atoms with Crippen LogP contribution in [0.25, 0.3) is 35.7 Å². The van der Waals surface area contributed by atoms with Gasteiger partial charge in [0.15, 0.2) is 58.2 Å². The number of imidazole rings is 2. The molecule has 0 unspecified atom stereocenters. The predicted octanol–water partition coefficient (Wildman–Crippen LogP) is 9.07.